The topological polar surface area (TPSA) is 58.6 Å². The van der Waals surface area contributed by atoms with Crippen LogP contribution in [0.15, 0.2) is 54.6 Å². The zero-order valence-corrected chi connectivity index (χ0v) is 16.9. The predicted molar refractivity (Wildman–Crippen MR) is 113 cm³/mol. The number of rotatable bonds is 8. The Bertz CT molecular complexity index is 826. The Balaban J connectivity index is 1.95. The van der Waals surface area contributed by atoms with E-state index >= 15 is 0 Å². The molecule has 0 aliphatic heterocycles. The monoisotopic (exact) mass is 380 g/mol. The van der Waals surface area contributed by atoms with E-state index in [4.69, 9.17) is 4.74 Å². The van der Waals surface area contributed by atoms with Crippen LogP contribution >= 0.6 is 0 Å². The van der Waals surface area contributed by atoms with Crippen molar-refractivity contribution >= 4 is 23.6 Å². The van der Waals surface area contributed by atoms with Crippen LogP contribution < -0.4 is 10.1 Å². The number of benzene rings is 2. The molecule has 0 atom stereocenters. The first-order chi connectivity index (χ1) is 13.4. The Hall–Kier alpha value is -3.08. The van der Waals surface area contributed by atoms with Crippen LogP contribution in [-0.2, 0) is 9.59 Å². The van der Waals surface area contributed by atoms with E-state index in [1.165, 1.54) is 16.5 Å². The van der Waals surface area contributed by atoms with E-state index in [1.807, 2.05) is 19.1 Å². The molecule has 0 saturated carbocycles. The maximum absolute atomic E-state index is 12.5. The average Bonchev–Trinajstić information content (AvgIpc) is 2.70. The summed E-state index contributed by atoms with van der Waals surface area (Å²) < 4.78 is 5.15. The molecule has 0 fully saturated rings. The van der Waals surface area contributed by atoms with Gasteiger partial charge in [-0.15, -0.1) is 0 Å². The summed E-state index contributed by atoms with van der Waals surface area (Å²) in [6, 6.07) is 15.2. The molecule has 2 aromatic rings. The van der Waals surface area contributed by atoms with Crippen molar-refractivity contribution in [3.05, 3.63) is 65.7 Å². The Morgan fingerprint density at radius 3 is 2.46 bits per heavy atom. The molecule has 0 radical (unpaired) electrons. The number of carbonyl (C=O) groups excluding carboxylic acids is 2. The first-order valence-electron chi connectivity index (χ1n) is 9.43. The molecule has 2 aromatic carbocycles. The van der Waals surface area contributed by atoms with Gasteiger partial charge in [-0.05, 0) is 42.2 Å². The summed E-state index contributed by atoms with van der Waals surface area (Å²) in [5.74, 6) is 0.681. The smallest absolute Gasteiger partial charge is 0.247 e. The number of nitrogens with one attached hydrogen (secondary N) is 1. The van der Waals surface area contributed by atoms with Crippen LogP contribution in [0, 0.1) is 0 Å². The fraction of sp³-hybridized carbons (Fsp3) is 0.304. The lowest BCUT2D eigenvalue weighted by Gasteiger charge is -2.18. The van der Waals surface area contributed by atoms with Crippen molar-refractivity contribution in [3.63, 3.8) is 0 Å². The summed E-state index contributed by atoms with van der Waals surface area (Å²) in [6.45, 7) is 6.57. The number of nitrogens with zero attached hydrogens (tertiary/aromatic N) is 1. The zero-order valence-electron chi connectivity index (χ0n) is 16.9. The van der Waals surface area contributed by atoms with Crippen LogP contribution in [0.4, 0.5) is 5.69 Å². The summed E-state index contributed by atoms with van der Waals surface area (Å²) >= 11 is 0. The van der Waals surface area contributed by atoms with E-state index in [0.29, 0.717) is 23.9 Å². The summed E-state index contributed by atoms with van der Waals surface area (Å²) in [5.41, 5.74) is 2.84. The highest BCUT2D eigenvalue weighted by Crippen LogP contribution is 2.17. The molecule has 0 saturated heterocycles. The van der Waals surface area contributed by atoms with Gasteiger partial charge in [0.2, 0.25) is 11.8 Å². The molecule has 0 aromatic heterocycles. The van der Waals surface area contributed by atoms with Crippen LogP contribution in [0.2, 0.25) is 0 Å². The van der Waals surface area contributed by atoms with Crippen LogP contribution in [-0.4, -0.2) is 36.9 Å². The zero-order chi connectivity index (χ0) is 20.5. The molecule has 0 aliphatic carbocycles. The number of methoxy groups -OCH3 is 1. The van der Waals surface area contributed by atoms with Crippen LogP contribution in [0.5, 0.6) is 5.75 Å². The molecule has 2 amide bonds. The SMILES string of the molecule is CCN(CC(=O)Nc1cccc(OC)c1)C(=O)/C=C/c1ccc(C(C)C)cc1. The summed E-state index contributed by atoms with van der Waals surface area (Å²) in [6.07, 6.45) is 3.28. The number of hydrogen-bond acceptors (Lipinski definition) is 3. The summed E-state index contributed by atoms with van der Waals surface area (Å²) in [5, 5.41) is 2.79. The van der Waals surface area contributed by atoms with Gasteiger partial charge in [-0.2, -0.15) is 0 Å². The van der Waals surface area contributed by atoms with Gasteiger partial charge in [0.25, 0.3) is 0 Å². The first-order valence-corrected chi connectivity index (χ1v) is 9.43. The molecule has 5 nitrogen and oxygen atoms in total. The largest absolute Gasteiger partial charge is 0.497 e. The van der Waals surface area contributed by atoms with Crippen molar-refractivity contribution in [1.82, 2.24) is 4.90 Å². The Labute approximate surface area is 167 Å². The van der Waals surface area contributed by atoms with Gasteiger partial charge in [-0.3, -0.25) is 9.59 Å². The number of amides is 2. The minimum absolute atomic E-state index is 0.0107. The lowest BCUT2D eigenvalue weighted by molar-refractivity contribution is -0.130. The van der Waals surface area contributed by atoms with Crippen molar-refractivity contribution in [2.24, 2.45) is 0 Å². The molecule has 28 heavy (non-hydrogen) atoms. The van der Waals surface area contributed by atoms with Gasteiger partial charge in [0.15, 0.2) is 0 Å². The number of hydrogen-bond donors (Lipinski definition) is 1. The van der Waals surface area contributed by atoms with Gasteiger partial charge in [-0.25, -0.2) is 0 Å². The highest BCUT2D eigenvalue weighted by atomic mass is 16.5. The Morgan fingerprint density at radius 1 is 1.14 bits per heavy atom. The molecule has 1 N–H and O–H groups in total. The molecule has 2 rings (SSSR count). The van der Waals surface area contributed by atoms with Gasteiger partial charge in [0, 0.05) is 24.4 Å². The van der Waals surface area contributed by atoms with Crippen LogP contribution in [0.1, 0.15) is 37.8 Å². The van der Waals surface area contributed by atoms with E-state index in [2.05, 4.69) is 31.3 Å². The van der Waals surface area contributed by atoms with Crippen LogP contribution in [0.3, 0.4) is 0 Å². The molecule has 0 heterocycles. The standard InChI is InChI=1S/C23H28N2O3/c1-5-25(16-22(26)24-20-7-6-8-21(15-20)28-4)23(27)14-11-18-9-12-19(13-10-18)17(2)3/h6-15,17H,5,16H2,1-4H3,(H,24,26)/b14-11+. The van der Waals surface area contributed by atoms with Crippen molar-refractivity contribution in [3.8, 4) is 5.75 Å². The lowest BCUT2D eigenvalue weighted by atomic mass is 10.0. The average molecular weight is 380 g/mol. The summed E-state index contributed by atoms with van der Waals surface area (Å²) in [4.78, 5) is 26.2. The van der Waals surface area contributed by atoms with Gasteiger partial charge in [0.1, 0.15) is 12.3 Å². The molecule has 0 bridgehead atoms. The number of ether oxygens (including phenoxy) is 1. The molecular formula is C23H28N2O3. The molecule has 5 heteroatoms. The predicted octanol–water partition coefficient (Wildman–Crippen LogP) is 4.32. The van der Waals surface area contributed by atoms with Crippen molar-refractivity contribution in [2.75, 3.05) is 25.5 Å². The van der Waals surface area contributed by atoms with Gasteiger partial charge >= 0.3 is 0 Å². The number of carbonyl (C=O) groups is 2. The maximum atomic E-state index is 12.5. The first kappa shape index (κ1) is 21.2. The fourth-order valence-corrected chi connectivity index (χ4v) is 2.69. The highest BCUT2D eigenvalue weighted by molar-refractivity contribution is 5.98. The molecule has 0 aliphatic rings. The van der Waals surface area contributed by atoms with Crippen LogP contribution in [0.25, 0.3) is 6.08 Å². The molecule has 0 spiro atoms. The summed E-state index contributed by atoms with van der Waals surface area (Å²) in [7, 11) is 1.57. The third kappa shape index (κ3) is 6.27. The lowest BCUT2D eigenvalue weighted by Crippen LogP contribution is -2.36. The van der Waals surface area contributed by atoms with E-state index in [1.54, 1.807) is 37.5 Å². The normalized spacial score (nSPS) is 10.9. The van der Waals surface area contributed by atoms with E-state index in [0.717, 1.165) is 5.56 Å². The van der Waals surface area contributed by atoms with E-state index in [-0.39, 0.29) is 18.4 Å². The Kier molecular flexibility index (Phi) is 7.81. The van der Waals surface area contributed by atoms with E-state index < -0.39 is 0 Å². The van der Waals surface area contributed by atoms with Crippen molar-refractivity contribution in [1.29, 1.82) is 0 Å². The second-order valence-corrected chi connectivity index (χ2v) is 6.79. The molecular weight excluding hydrogens is 352 g/mol. The van der Waals surface area contributed by atoms with Gasteiger partial charge < -0.3 is 15.0 Å². The minimum atomic E-state index is -0.252. The third-order valence-electron chi connectivity index (χ3n) is 4.40. The van der Waals surface area contributed by atoms with Crippen molar-refractivity contribution < 1.29 is 14.3 Å². The third-order valence-corrected chi connectivity index (χ3v) is 4.40. The van der Waals surface area contributed by atoms with E-state index in [9.17, 15) is 9.59 Å². The Morgan fingerprint density at radius 2 is 1.86 bits per heavy atom. The number of anilines is 1. The second kappa shape index (κ2) is 10.3. The minimum Gasteiger partial charge on any atom is -0.497 e. The van der Waals surface area contributed by atoms with Crippen molar-refractivity contribution in [2.45, 2.75) is 26.7 Å². The highest BCUT2D eigenvalue weighted by Gasteiger charge is 2.13. The van der Waals surface area contributed by atoms with Gasteiger partial charge in [-0.1, -0.05) is 44.2 Å². The molecule has 148 valence electrons. The number of likely N-dealkylation sites (N-methyl/N-ethyl adjacent to an activating group) is 1. The quantitative estimate of drug-likeness (QED) is 0.694. The molecule has 0 unspecified atom stereocenters. The van der Waals surface area contributed by atoms with Gasteiger partial charge in [0.05, 0.1) is 7.11 Å². The fourth-order valence-electron chi connectivity index (χ4n) is 2.69. The maximum Gasteiger partial charge on any atom is 0.247 e. The second-order valence-electron chi connectivity index (χ2n) is 6.79.